The van der Waals surface area contributed by atoms with E-state index in [4.69, 9.17) is 9.47 Å². The quantitative estimate of drug-likeness (QED) is 0.497. The molecule has 4 heteroatoms. The maximum absolute atomic E-state index is 12.5. The summed E-state index contributed by atoms with van der Waals surface area (Å²) in [4.78, 5) is 25.0. The van der Waals surface area contributed by atoms with E-state index in [1.54, 1.807) is 24.3 Å². The van der Waals surface area contributed by atoms with Crippen molar-refractivity contribution in [2.24, 2.45) is 5.92 Å². The zero-order valence-corrected chi connectivity index (χ0v) is 17.0. The fourth-order valence-electron chi connectivity index (χ4n) is 3.17. The summed E-state index contributed by atoms with van der Waals surface area (Å²) in [5.41, 5.74) is 1.06. The van der Waals surface area contributed by atoms with Gasteiger partial charge >= 0.3 is 11.9 Å². The van der Waals surface area contributed by atoms with Gasteiger partial charge in [0, 0.05) is 6.42 Å². The molecule has 0 aliphatic carbocycles. The Labute approximate surface area is 167 Å². The van der Waals surface area contributed by atoms with Crippen LogP contribution in [0.4, 0.5) is 0 Å². The van der Waals surface area contributed by atoms with Crippen LogP contribution in [0.25, 0.3) is 0 Å². The zero-order valence-electron chi connectivity index (χ0n) is 17.0. The van der Waals surface area contributed by atoms with Crippen LogP contribution in [-0.2, 0) is 9.47 Å². The summed E-state index contributed by atoms with van der Waals surface area (Å²) < 4.78 is 11.5. The van der Waals surface area contributed by atoms with E-state index >= 15 is 0 Å². The minimum absolute atomic E-state index is 0.183. The standard InChI is InChI=1S/C24H30O4/c1-4-12-18(3)22(28-24(26)20-15-10-7-11-16-20)17-21(5-2)27-23(25)19-13-8-6-9-14-19/h6-11,13-16,18,21-22H,4-5,12,17H2,1-3H3. The third-order valence-corrected chi connectivity index (χ3v) is 4.88. The molecule has 0 bridgehead atoms. The monoisotopic (exact) mass is 382 g/mol. The summed E-state index contributed by atoms with van der Waals surface area (Å²) in [5.74, 6) is -0.497. The lowest BCUT2D eigenvalue weighted by Crippen LogP contribution is -2.31. The van der Waals surface area contributed by atoms with Crippen molar-refractivity contribution in [3.05, 3.63) is 71.8 Å². The SMILES string of the molecule is CCCC(C)C(CC(CC)OC(=O)c1ccccc1)OC(=O)c1ccccc1. The van der Waals surface area contributed by atoms with Gasteiger partial charge in [-0.1, -0.05) is 63.6 Å². The molecule has 0 aliphatic heterocycles. The Morgan fingerprint density at radius 1 is 0.821 bits per heavy atom. The van der Waals surface area contributed by atoms with Crippen LogP contribution in [0.15, 0.2) is 60.7 Å². The topological polar surface area (TPSA) is 52.6 Å². The molecule has 0 radical (unpaired) electrons. The molecule has 150 valence electrons. The van der Waals surface area contributed by atoms with Crippen molar-refractivity contribution in [2.75, 3.05) is 0 Å². The first kappa shape index (κ1) is 21.7. The van der Waals surface area contributed by atoms with Crippen molar-refractivity contribution < 1.29 is 19.1 Å². The van der Waals surface area contributed by atoms with Gasteiger partial charge in [0.1, 0.15) is 12.2 Å². The number of hydrogen-bond donors (Lipinski definition) is 0. The van der Waals surface area contributed by atoms with Gasteiger partial charge in [-0.25, -0.2) is 9.59 Å². The van der Waals surface area contributed by atoms with Crippen LogP contribution in [0, 0.1) is 5.92 Å². The van der Waals surface area contributed by atoms with E-state index in [0.717, 1.165) is 12.8 Å². The molecule has 0 spiro atoms. The van der Waals surface area contributed by atoms with Crippen LogP contribution in [-0.4, -0.2) is 24.1 Å². The number of hydrogen-bond acceptors (Lipinski definition) is 4. The summed E-state index contributed by atoms with van der Waals surface area (Å²) in [5, 5.41) is 0. The molecule has 2 aromatic rings. The first-order valence-electron chi connectivity index (χ1n) is 10.1. The highest BCUT2D eigenvalue weighted by atomic mass is 16.6. The fraction of sp³-hybridized carbons (Fsp3) is 0.417. The van der Waals surface area contributed by atoms with Gasteiger partial charge < -0.3 is 9.47 Å². The molecule has 4 nitrogen and oxygen atoms in total. The van der Waals surface area contributed by atoms with E-state index in [9.17, 15) is 9.59 Å². The van der Waals surface area contributed by atoms with Crippen LogP contribution >= 0.6 is 0 Å². The highest BCUT2D eigenvalue weighted by Gasteiger charge is 2.27. The normalized spacial score (nSPS) is 14.0. The number of carbonyl (C=O) groups is 2. The van der Waals surface area contributed by atoms with Crippen molar-refractivity contribution in [2.45, 2.75) is 58.7 Å². The Hall–Kier alpha value is -2.62. The Morgan fingerprint density at radius 3 is 1.79 bits per heavy atom. The number of ether oxygens (including phenoxy) is 2. The third kappa shape index (κ3) is 6.52. The van der Waals surface area contributed by atoms with E-state index < -0.39 is 0 Å². The van der Waals surface area contributed by atoms with Crippen molar-refractivity contribution in [3.63, 3.8) is 0 Å². The molecule has 3 atom stereocenters. The molecule has 0 amide bonds. The van der Waals surface area contributed by atoms with Gasteiger partial charge in [0.05, 0.1) is 11.1 Å². The highest BCUT2D eigenvalue weighted by molar-refractivity contribution is 5.90. The molecule has 28 heavy (non-hydrogen) atoms. The number of carbonyl (C=O) groups excluding carboxylic acids is 2. The molecule has 0 fully saturated rings. The Kier molecular flexibility index (Phi) is 8.73. The lowest BCUT2D eigenvalue weighted by molar-refractivity contribution is -0.0154. The zero-order chi connectivity index (χ0) is 20.4. The van der Waals surface area contributed by atoms with E-state index in [0.29, 0.717) is 24.0 Å². The molecule has 2 aromatic carbocycles. The predicted molar refractivity (Wildman–Crippen MR) is 110 cm³/mol. The van der Waals surface area contributed by atoms with E-state index in [1.807, 2.05) is 43.3 Å². The minimum Gasteiger partial charge on any atom is -0.459 e. The summed E-state index contributed by atoms with van der Waals surface area (Å²) in [6.45, 7) is 6.17. The molecule has 2 rings (SSSR count). The Morgan fingerprint density at radius 2 is 1.32 bits per heavy atom. The lowest BCUT2D eigenvalue weighted by Gasteiger charge is -2.27. The second kappa shape index (κ2) is 11.3. The lowest BCUT2D eigenvalue weighted by atomic mass is 9.94. The van der Waals surface area contributed by atoms with Gasteiger partial charge in [0.25, 0.3) is 0 Å². The smallest absolute Gasteiger partial charge is 0.338 e. The highest BCUT2D eigenvalue weighted by Crippen LogP contribution is 2.23. The molecule has 0 aromatic heterocycles. The van der Waals surface area contributed by atoms with Crippen LogP contribution in [0.1, 0.15) is 67.2 Å². The first-order valence-corrected chi connectivity index (χ1v) is 10.1. The van der Waals surface area contributed by atoms with E-state index in [2.05, 4.69) is 13.8 Å². The van der Waals surface area contributed by atoms with Crippen LogP contribution in [0.2, 0.25) is 0 Å². The first-order chi connectivity index (χ1) is 13.5. The Bertz CT molecular complexity index is 727. The average Bonchev–Trinajstić information content (AvgIpc) is 2.73. The van der Waals surface area contributed by atoms with Crippen molar-refractivity contribution in [1.29, 1.82) is 0 Å². The number of esters is 2. The average molecular weight is 383 g/mol. The summed E-state index contributed by atoms with van der Waals surface area (Å²) in [6.07, 6.45) is 2.49. The third-order valence-electron chi connectivity index (χ3n) is 4.88. The molecular formula is C24H30O4. The van der Waals surface area contributed by atoms with Crippen LogP contribution in [0.5, 0.6) is 0 Å². The molecule has 3 unspecified atom stereocenters. The number of rotatable bonds is 10. The molecule has 0 heterocycles. The molecule has 0 saturated heterocycles. The maximum atomic E-state index is 12.5. The number of benzene rings is 2. The van der Waals surface area contributed by atoms with Gasteiger partial charge in [-0.05, 0) is 43.0 Å². The van der Waals surface area contributed by atoms with Gasteiger partial charge in [0.2, 0.25) is 0 Å². The minimum atomic E-state index is -0.344. The fourth-order valence-corrected chi connectivity index (χ4v) is 3.17. The molecule has 0 saturated carbocycles. The second-order valence-corrected chi connectivity index (χ2v) is 7.11. The van der Waals surface area contributed by atoms with Gasteiger partial charge in [0.15, 0.2) is 0 Å². The van der Waals surface area contributed by atoms with Gasteiger partial charge in [-0.3, -0.25) is 0 Å². The van der Waals surface area contributed by atoms with Crippen molar-refractivity contribution in [1.82, 2.24) is 0 Å². The maximum Gasteiger partial charge on any atom is 0.338 e. The van der Waals surface area contributed by atoms with E-state index in [-0.39, 0.29) is 30.1 Å². The summed E-state index contributed by atoms with van der Waals surface area (Å²) in [7, 11) is 0. The second-order valence-electron chi connectivity index (χ2n) is 7.11. The Balaban J connectivity index is 2.06. The van der Waals surface area contributed by atoms with E-state index in [1.165, 1.54) is 0 Å². The largest absolute Gasteiger partial charge is 0.459 e. The molecule has 0 N–H and O–H groups in total. The van der Waals surface area contributed by atoms with Crippen LogP contribution < -0.4 is 0 Å². The van der Waals surface area contributed by atoms with Crippen molar-refractivity contribution in [3.8, 4) is 0 Å². The molecule has 0 aliphatic rings. The summed E-state index contributed by atoms with van der Waals surface area (Å²) >= 11 is 0. The van der Waals surface area contributed by atoms with Gasteiger partial charge in [-0.15, -0.1) is 0 Å². The predicted octanol–water partition coefficient (Wildman–Crippen LogP) is 5.67. The van der Waals surface area contributed by atoms with Crippen molar-refractivity contribution >= 4 is 11.9 Å². The summed E-state index contributed by atoms with van der Waals surface area (Å²) in [6, 6.07) is 18.0. The molecular weight excluding hydrogens is 352 g/mol. The van der Waals surface area contributed by atoms with Crippen LogP contribution in [0.3, 0.4) is 0 Å². The van der Waals surface area contributed by atoms with Gasteiger partial charge in [-0.2, -0.15) is 0 Å².